The normalized spacial score (nSPS) is 14.8. The van der Waals surface area contributed by atoms with Gasteiger partial charge in [0, 0.05) is 18.5 Å². The molecule has 0 bridgehead atoms. The molecule has 0 spiro atoms. The molecule has 9 heteroatoms. The van der Waals surface area contributed by atoms with Crippen LogP contribution in [0, 0.1) is 11.7 Å². The molecule has 0 radical (unpaired) electrons. The molecule has 38 heavy (non-hydrogen) atoms. The minimum Gasteiger partial charge on any atom is -0.486 e. The number of nitrogens with zero attached hydrogens (tertiary/aromatic N) is 2. The summed E-state index contributed by atoms with van der Waals surface area (Å²) in [5.74, 6) is 0.458. The van der Waals surface area contributed by atoms with Crippen LogP contribution in [-0.2, 0) is 13.0 Å². The number of rotatable bonds is 8. The smallest absolute Gasteiger partial charge is 0.290 e. The first-order valence-corrected chi connectivity index (χ1v) is 13.3. The third-order valence-electron chi connectivity index (χ3n) is 6.34. The lowest BCUT2D eigenvalue weighted by atomic mass is 9.87. The van der Waals surface area contributed by atoms with Crippen molar-refractivity contribution in [2.75, 3.05) is 13.1 Å². The molecule has 0 aliphatic carbocycles. The minimum atomic E-state index is -0.434. The number of furan rings is 1. The number of halogens is 1. The predicted molar refractivity (Wildman–Crippen MR) is 142 cm³/mol. The van der Waals surface area contributed by atoms with Crippen LogP contribution in [0.5, 0.6) is 5.75 Å². The molecular formula is C29H28FN3O4S. The van der Waals surface area contributed by atoms with E-state index in [0.29, 0.717) is 41.9 Å². The molecule has 1 atom stereocenters. The van der Waals surface area contributed by atoms with Gasteiger partial charge >= 0.3 is 0 Å². The molecule has 0 fully saturated rings. The second-order valence-corrected chi connectivity index (χ2v) is 10.5. The number of hydrogen-bond acceptors (Lipinski definition) is 6. The Labute approximate surface area is 224 Å². The van der Waals surface area contributed by atoms with Crippen LogP contribution >= 0.6 is 11.3 Å². The predicted octanol–water partition coefficient (Wildman–Crippen LogP) is 5.63. The fourth-order valence-electron chi connectivity index (χ4n) is 4.46. The highest BCUT2D eigenvalue weighted by Gasteiger charge is 2.34. The maximum atomic E-state index is 13.7. The zero-order valence-corrected chi connectivity index (χ0v) is 22.0. The van der Waals surface area contributed by atoms with Gasteiger partial charge in [-0.1, -0.05) is 32.0 Å². The van der Waals surface area contributed by atoms with Crippen LogP contribution in [0.25, 0.3) is 0 Å². The van der Waals surface area contributed by atoms with Gasteiger partial charge in [0.05, 0.1) is 12.3 Å². The monoisotopic (exact) mass is 533 g/mol. The number of hydrogen-bond donors (Lipinski definition) is 1. The Bertz CT molecular complexity index is 1420. The van der Waals surface area contributed by atoms with Gasteiger partial charge in [-0.3, -0.25) is 9.59 Å². The van der Waals surface area contributed by atoms with E-state index in [2.05, 4.69) is 10.3 Å². The van der Waals surface area contributed by atoms with Gasteiger partial charge in [-0.25, -0.2) is 9.37 Å². The first-order chi connectivity index (χ1) is 18.4. The summed E-state index contributed by atoms with van der Waals surface area (Å²) < 4.78 is 25.2. The summed E-state index contributed by atoms with van der Waals surface area (Å²) in [6.45, 7) is 5.36. The Morgan fingerprint density at radius 1 is 1.21 bits per heavy atom. The first-order valence-electron chi connectivity index (χ1n) is 12.5. The number of carbonyl (C=O) groups excluding carboxylic acids is 2. The van der Waals surface area contributed by atoms with E-state index in [4.69, 9.17) is 9.15 Å². The average molecular weight is 534 g/mol. The summed E-state index contributed by atoms with van der Waals surface area (Å²) in [5.41, 5.74) is 3.17. The Kier molecular flexibility index (Phi) is 7.55. The standard InChI is InChI=1S/C29H28FN3O4S/c1-18(2)15-31-28(34)24-17-38-26(32-24)16-37-22-10-7-19-11-12-33(29(35)25-4-3-13-36-25)27(23(19)14-22)20-5-8-21(30)9-6-20/h3-10,13-14,17-18,27H,11-12,15-16H2,1-2H3,(H,31,34). The minimum absolute atomic E-state index is 0.196. The largest absolute Gasteiger partial charge is 0.486 e. The Balaban J connectivity index is 1.38. The van der Waals surface area contributed by atoms with Gasteiger partial charge in [-0.05, 0) is 65.4 Å². The highest BCUT2D eigenvalue weighted by atomic mass is 32.1. The van der Waals surface area contributed by atoms with Crippen LogP contribution in [0.4, 0.5) is 4.39 Å². The lowest BCUT2D eigenvalue weighted by molar-refractivity contribution is 0.0661. The lowest BCUT2D eigenvalue weighted by Gasteiger charge is -2.37. The molecule has 7 nitrogen and oxygen atoms in total. The molecular weight excluding hydrogens is 505 g/mol. The van der Waals surface area contributed by atoms with Crippen molar-refractivity contribution in [2.45, 2.75) is 32.9 Å². The first kappa shape index (κ1) is 25.7. The SMILES string of the molecule is CC(C)CNC(=O)c1csc(COc2ccc3c(c2)C(c2ccc(F)cc2)N(C(=O)c2ccco2)CC3)n1. The molecule has 2 aromatic heterocycles. The van der Waals surface area contributed by atoms with Crippen molar-refractivity contribution in [2.24, 2.45) is 5.92 Å². The molecule has 4 aromatic rings. The fourth-order valence-corrected chi connectivity index (χ4v) is 5.15. The van der Waals surface area contributed by atoms with Crippen LogP contribution in [0.3, 0.4) is 0 Å². The van der Waals surface area contributed by atoms with Crippen LogP contribution < -0.4 is 10.1 Å². The van der Waals surface area contributed by atoms with Crippen molar-refractivity contribution in [1.29, 1.82) is 0 Å². The maximum absolute atomic E-state index is 13.7. The Morgan fingerprint density at radius 3 is 2.76 bits per heavy atom. The van der Waals surface area contributed by atoms with Gasteiger partial charge in [-0.2, -0.15) is 0 Å². The van der Waals surface area contributed by atoms with Gasteiger partial charge < -0.3 is 19.4 Å². The highest BCUT2D eigenvalue weighted by Crippen LogP contribution is 2.38. The van der Waals surface area contributed by atoms with Crippen molar-refractivity contribution in [3.05, 3.63) is 105 Å². The van der Waals surface area contributed by atoms with Gasteiger partial charge in [0.15, 0.2) is 5.76 Å². The van der Waals surface area contributed by atoms with Crippen molar-refractivity contribution >= 4 is 23.2 Å². The van der Waals surface area contributed by atoms with Crippen molar-refractivity contribution < 1.29 is 23.1 Å². The number of ether oxygens (including phenoxy) is 1. The van der Waals surface area contributed by atoms with Crippen LogP contribution in [0.15, 0.2) is 70.7 Å². The van der Waals surface area contributed by atoms with E-state index in [1.54, 1.807) is 34.5 Å². The third-order valence-corrected chi connectivity index (χ3v) is 7.16. The fraction of sp³-hybridized carbons (Fsp3) is 0.276. The molecule has 1 N–H and O–H groups in total. The van der Waals surface area contributed by atoms with E-state index in [1.165, 1.54) is 29.7 Å². The molecule has 0 saturated heterocycles. The van der Waals surface area contributed by atoms with Gasteiger partial charge in [-0.15, -0.1) is 11.3 Å². The second kappa shape index (κ2) is 11.2. The highest BCUT2D eigenvalue weighted by molar-refractivity contribution is 7.09. The van der Waals surface area contributed by atoms with E-state index in [0.717, 1.165) is 16.7 Å². The number of aromatic nitrogens is 1. The van der Waals surface area contributed by atoms with E-state index >= 15 is 0 Å². The zero-order chi connectivity index (χ0) is 26.6. The van der Waals surface area contributed by atoms with E-state index < -0.39 is 6.04 Å². The number of thiazole rings is 1. The van der Waals surface area contributed by atoms with E-state index in [-0.39, 0.29) is 30.0 Å². The van der Waals surface area contributed by atoms with Crippen molar-refractivity contribution in [3.8, 4) is 5.75 Å². The molecule has 0 saturated carbocycles. The molecule has 2 amide bonds. The molecule has 3 heterocycles. The second-order valence-electron chi connectivity index (χ2n) is 9.56. The molecule has 1 aliphatic heterocycles. The van der Waals surface area contributed by atoms with E-state index in [1.807, 2.05) is 32.0 Å². The van der Waals surface area contributed by atoms with E-state index in [9.17, 15) is 14.0 Å². The van der Waals surface area contributed by atoms with Gasteiger partial charge in [0.25, 0.3) is 11.8 Å². The quantitative estimate of drug-likeness (QED) is 0.317. The zero-order valence-electron chi connectivity index (χ0n) is 21.1. The van der Waals surface area contributed by atoms with Crippen LogP contribution in [0.1, 0.15) is 62.6 Å². The Hall–Kier alpha value is -3.98. The van der Waals surface area contributed by atoms with Gasteiger partial charge in [0.1, 0.15) is 28.9 Å². The molecule has 1 aliphatic rings. The summed E-state index contributed by atoms with van der Waals surface area (Å²) in [7, 11) is 0. The number of benzene rings is 2. The molecule has 1 unspecified atom stereocenters. The number of amides is 2. The summed E-state index contributed by atoms with van der Waals surface area (Å²) >= 11 is 1.37. The number of nitrogens with one attached hydrogen (secondary N) is 1. The van der Waals surface area contributed by atoms with Crippen LogP contribution in [0.2, 0.25) is 0 Å². The number of carbonyl (C=O) groups is 2. The summed E-state index contributed by atoms with van der Waals surface area (Å²) in [5, 5.41) is 5.28. The molecule has 196 valence electrons. The molecule has 5 rings (SSSR count). The summed E-state index contributed by atoms with van der Waals surface area (Å²) in [6.07, 6.45) is 2.14. The topological polar surface area (TPSA) is 84.7 Å². The average Bonchev–Trinajstić information content (AvgIpc) is 3.63. The number of fused-ring (bicyclic) bond motifs is 1. The lowest BCUT2D eigenvalue weighted by Crippen LogP contribution is -2.40. The molecule has 2 aromatic carbocycles. The van der Waals surface area contributed by atoms with Crippen molar-refractivity contribution in [1.82, 2.24) is 15.2 Å². The van der Waals surface area contributed by atoms with Crippen LogP contribution in [-0.4, -0.2) is 34.8 Å². The summed E-state index contributed by atoms with van der Waals surface area (Å²) in [4.78, 5) is 31.8. The summed E-state index contributed by atoms with van der Waals surface area (Å²) in [6, 6.07) is 14.9. The maximum Gasteiger partial charge on any atom is 0.290 e. The third kappa shape index (κ3) is 5.62. The Morgan fingerprint density at radius 2 is 2.03 bits per heavy atom. The van der Waals surface area contributed by atoms with Gasteiger partial charge in [0.2, 0.25) is 0 Å². The van der Waals surface area contributed by atoms with Crippen molar-refractivity contribution in [3.63, 3.8) is 0 Å².